The molecule has 8 aromatic rings. The van der Waals surface area contributed by atoms with Gasteiger partial charge in [-0.1, -0.05) is 109 Å². The molecule has 2 heterocycles. The van der Waals surface area contributed by atoms with Crippen molar-refractivity contribution in [3.63, 3.8) is 0 Å². The van der Waals surface area contributed by atoms with E-state index in [2.05, 4.69) is 179 Å². The molecule has 0 saturated heterocycles. The fraction of sp³-hybridized carbons (Fsp3) is 0.0476. The van der Waals surface area contributed by atoms with Crippen molar-refractivity contribution in [1.29, 1.82) is 0 Å². The van der Waals surface area contributed by atoms with Crippen LogP contribution in [0.2, 0.25) is 0 Å². The van der Waals surface area contributed by atoms with Crippen molar-refractivity contribution in [2.75, 3.05) is 0 Å². The van der Waals surface area contributed by atoms with E-state index in [1.165, 1.54) is 65.9 Å². The van der Waals surface area contributed by atoms with Gasteiger partial charge in [0.1, 0.15) is 0 Å². The average molecular weight is 565 g/mol. The van der Waals surface area contributed by atoms with Crippen LogP contribution in [0.15, 0.2) is 158 Å². The summed E-state index contributed by atoms with van der Waals surface area (Å²) in [5.41, 5.74) is 7.42. The van der Waals surface area contributed by atoms with Gasteiger partial charge in [-0.2, -0.15) is 9.13 Å². The van der Waals surface area contributed by atoms with Crippen molar-refractivity contribution in [3.8, 4) is 0 Å². The molecule has 2 nitrogen and oxygen atoms in total. The predicted molar refractivity (Wildman–Crippen MR) is 183 cm³/mol. The molecule has 0 fully saturated rings. The molecular formula is C42H32N2+2. The largest absolute Gasteiger partial charge is 0.213 e. The van der Waals surface area contributed by atoms with Crippen LogP contribution in [0, 0.1) is 0 Å². The van der Waals surface area contributed by atoms with Gasteiger partial charge in [0.15, 0.2) is 13.1 Å². The fourth-order valence-corrected chi connectivity index (χ4v) is 6.57. The molecule has 2 aromatic heterocycles. The van der Waals surface area contributed by atoms with Gasteiger partial charge in [0, 0.05) is 58.3 Å². The first-order valence-electron chi connectivity index (χ1n) is 15.3. The Labute approximate surface area is 257 Å². The molecule has 0 atom stereocenters. The van der Waals surface area contributed by atoms with Crippen LogP contribution in [-0.4, -0.2) is 0 Å². The summed E-state index contributed by atoms with van der Waals surface area (Å²) in [6.45, 7) is 1.58. The average Bonchev–Trinajstić information content (AvgIpc) is 3.09. The van der Waals surface area contributed by atoms with Crippen LogP contribution in [0.4, 0.5) is 0 Å². The molecule has 0 radical (unpaired) electrons. The number of nitrogens with zero attached hydrogens (tertiary/aromatic N) is 2. The number of para-hydroxylation sites is 2. The summed E-state index contributed by atoms with van der Waals surface area (Å²) < 4.78 is 4.90. The van der Waals surface area contributed by atoms with Crippen LogP contribution in [0.3, 0.4) is 0 Å². The molecule has 0 aliphatic carbocycles. The van der Waals surface area contributed by atoms with Gasteiger partial charge in [-0.15, -0.1) is 0 Å². The fourth-order valence-electron chi connectivity index (χ4n) is 6.57. The van der Waals surface area contributed by atoms with Gasteiger partial charge < -0.3 is 0 Å². The summed E-state index contributed by atoms with van der Waals surface area (Å²) in [5, 5.41) is 7.62. The van der Waals surface area contributed by atoms with Crippen LogP contribution >= 0.6 is 0 Å². The smallest absolute Gasteiger partial charge is 0.187 e. The molecule has 8 rings (SSSR count). The summed E-state index contributed by atoms with van der Waals surface area (Å²) in [6, 6.07) is 56.9. The van der Waals surface area contributed by atoms with Gasteiger partial charge in [0.05, 0.1) is 0 Å². The number of pyridine rings is 2. The number of fused-ring (bicyclic) bond motifs is 4. The second kappa shape index (κ2) is 11.2. The molecule has 0 N–H and O–H groups in total. The number of hydrogen-bond acceptors (Lipinski definition) is 0. The van der Waals surface area contributed by atoms with Crippen LogP contribution in [0.1, 0.15) is 22.5 Å². The Morgan fingerprint density at radius 2 is 0.727 bits per heavy atom. The summed E-state index contributed by atoms with van der Waals surface area (Å²) >= 11 is 0. The molecule has 6 aromatic carbocycles. The summed E-state index contributed by atoms with van der Waals surface area (Å²) in [6.07, 6.45) is 4.56. The first-order chi connectivity index (χ1) is 21.8. The minimum atomic E-state index is 0.788. The lowest BCUT2D eigenvalue weighted by molar-refractivity contribution is -0.665. The number of hydrogen-bond donors (Lipinski definition) is 0. The van der Waals surface area contributed by atoms with Gasteiger partial charge in [0.2, 0.25) is 22.4 Å². The molecule has 2 heteroatoms. The normalized spacial score (nSPS) is 11.7. The molecule has 0 bridgehead atoms. The highest BCUT2D eigenvalue weighted by Gasteiger charge is 2.19. The Kier molecular flexibility index (Phi) is 6.66. The Bertz CT molecular complexity index is 2170. The maximum absolute atomic E-state index is 2.45. The first-order valence-corrected chi connectivity index (χ1v) is 15.3. The van der Waals surface area contributed by atoms with E-state index in [1.807, 2.05) is 0 Å². The van der Waals surface area contributed by atoms with Gasteiger partial charge in [-0.05, 0) is 45.8 Å². The van der Waals surface area contributed by atoms with E-state index in [0.29, 0.717) is 0 Å². The molecule has 0 amide bonds. The number of benzene rings is 6. The van der Waals surface area contributed by atoms with E-state index in [9.17, 15) is 0 Å². The predicted octanol–water partition coefficient (Wildman–Crippen LogP) is 9.14. The quantitative estimate of drug-likeness (QED) is 0.178. The van der Waals surface area contributed by atoms with Crippen molar-refractivity contribution in [3.05, 3.63) is 180 Å². The highest BCUT2D eigenvalue weighted by Crippen LogP contribution is 2.22. The van der Waals surface area contributed by atoms with E-state index >= 15 is 0 Å². The van der Waals surface area contributed by atoms with Crippen LogP contribution < -0.4 is 9.13 Å². The monoisotopic (exact) mass is 564 g/mol. The minimum Gasteiger partial charge on any atom is -0.187 e. The highest BCUT2D eigenvalue weighted by molar-refractivity contribution is 5.87. The first kappa shape index (κ1) is 26.1. The van der Waals surface area contributed by atoms with Gasteiger partial charge >= 0.3 is 0 Å². The van der Waals surface area contributed by atoms with Crippen LogP contribution in [0.5, 0.6) is 0 Å². The van der Waals surface area contributed by atoms with Crippen molar-refractivity contribution in [1.82, 2.24) is 0 Å². The second-order valence-corrected chi connectivity index (χ2v) is 11.4. The summed E-state index contributed by atoms with van der Waals surface area (Å²) in [4.78, 5) is 0. The maximum Gasteiger partial charge on any atom is 0.213 e. The molecule has 44 heavy (non-hydrogen) atoms. The lowest BCUT2D eigenvalue weighted by atomic mass is 10.0. The molecule has 0 spiro atoms. The third-order valence-corrected chi connectivity index (χ3v) is 8.79. The van der Waals surface area contributed by atoms with Crippen LogP contribution in [0.25, 0.3) is 55.5 Å². The van der Waals surface area contributed by atoms with E-state index in [1.54, 1.807) is 0 Å². The van der Waals surface area contributed by atoms with Crippen molar-refractivity contribution < 1.29 is 9.13 Å². The van der Waals surface area contributed by atoms with Crippen molar-refractivity contribution in [2.24, 2.45) is 0 Å². The third kappa shape index (κ3) is 4.81. The van der Waals surface area contributed by atoms with Gasteiger partial charge in [-0.25, -0.2) is 0 Å². The topological polar surface area (TPSA) is 7.76 Å². The molecule has 0 unspecified atom stereocenters. The molecule has 0 aliphatic rings. The van der Waals surface area contributed by atoms with E-state index in [-0.39, 0.29) is 0 Å². The zero-order valence-corrected chi connectivity index (χ0v) is 24.5. The van der Waals surface area contributed by atoms with E-state index < -0.39 is 0 Å². The summed E-state index contributed by atoms with van der Waals surface area (Å²) in [7, 11) is 0. The number of rotatable bonds is 6. The van der Waals surface area contributed by atoms with Crippen molar-refractivity contribution in [2.45, 2.75) is 13.1 Å². The lowest BCUT2D eigenvalue weighted by Crippen LogP contribution is -2.39. The zero-order valence-electron chi connectivity index (χ0n) is 24.5. The standard InChI is InChI=1S/C42H32N2/c1-5-19-39-31(11-1)15-9-17-35(39)29-43-37(25-23-33-13-3-7-21-41(33)43)27-28-38-26-24-34-14-4-8-22-42(34)44(38)30-36-18-10-16-32-12-2-6-20-40(32)36/h1-28H,29-30H2/q+2/b28-27+. The third-order valence-electron chi connectivity index (χ3n) is 8.79. The highest BCUT2D eigenvalue weighted by atomic mass is 15.0. The second-order valence-electron chi connectivity index (χ2n) is 11.4. The van der Waals surface area contributed by atoms with Gasteiger partial charge in [0.25, 0.3) is 0 Å². The Morgan fingerprint density at radius 3 is 1.20 bits per heavy atom. The molecular weight excluding hydrogens is 532 g/mol. The lowest BCUT2D eigenvalue weighted by Gasteiger charge is -2.09. The van der Waals surface area contributed by atoms with E-state index in [0.717, 1.165) is 13.1 Å². The van der Waals surface area contributed by atoms with Gasteiger partial charge in [-0.3, -0.25) is 0 Å². The van der Waals surface area contributed by atoms with Crippen molar-refractivity contribution >= 4 is 55.5 Å². The SMILES string of the molecule is C(=C\c1ccc2ccccc2[n+]1Cc1cccc2ccccc12)/c1ccc2ccccc2[n+]1Cc1cccc2ccccc12. The Morgan fingerprint density at radius 1 is 0.341 bits per heavy atom. The Hall–Kier alpha value is -5.60. The minimum absolute atomic E-state index is 0.788. The maximum atomic E-state index is 2.45. The van der Waals surface area contributed by atoms with E-state index in [4.69, 9.17) is 0 Å². The summed E-state index contributed by atoms with van der Waals surface area (Å²) in [5.74, 6) is 0. The molecule has 0 aliphatic heterocycles. The zero-order chi connectivity index (χ0) is 29.3. The molecule has 208 valence electrons. The van der Waals surface area contributed by atoms with Crippen LogP contribution in [-0.2, 0) is 13.1 Å². The molecule has 0 saturated carbocycles. The Balaban J connectivity index is 1.26. The number of aromatic nitrogens is 2.